The van der Waals surface area contributed by atoms with Crippen LogP contribution in [0, 0.1) is 0 Å². The van der Waals surface area contributed by atoms with Crippen molar-refractivity contribution in [3.05, 3.63) is 12.7 Å². The molecule has 2 N–H and O–H groups in total. The predicted octanol–water partition coefficient (Wildman–Crippen LogP) is 0.755. The SMILES string of the molecule is C=CCNC(=NCC(=O)N(C)C)NCCC1CCCCO1. The topological polar surface area (TPSA) is 66.0 Å². The second kappa shape index (κ2) is 10.2. The van der Waals surface area contributed by atoms with E-state index in [1.807, 2.05) is 0 Å². The zero-order valence-corrected chi connectivity index (χ0v) is 13.2. The van der Waals surface area contributed by atoms with Crippen molar-refractivity contribution in [3.8, 4) is 0 Å². The number of carbonyl (C=O) groups excluding carboxylic acids is 1. The van der Waals surface area contributed by atoms with Crippen molar-refractivity contribution in [1.82, 2.24) is 15.5 Å². The van der Waals surface area contributed by atoms with Gasteiger partial charge >= 0.3 is 0 Å². The average Bonchev–Trinajstić information content (AvgIpc) is 2.50. The summed E-state index contributed by atoms with van der Waals surface area (Å²) >= 11 is 0. The number of hydrogen-bond acceptors (Lipinski definition) is 3. The van der Waals surface area contributed by atoms with Gasteiger partial charge in [0.15, 0.2) is 5.96 Å². The first-order chi connectivity index (χ1) is 10.1. The van der Waals surface area contributed by atoms with Crippen LogP contribution < -0.4 is 10.6 Å². The molecule has 1 aliphatic heterocycles. The monoisotopic (exact) mass is 296 g/mol. The highest BCUT2D eigenvalue weighted by molar-refractivity contribution is 5.84. The molecule has 6 nitrogen and oxygen atoms in total. The normalized spacial score (nSPS) is 19.0. The highest BCUT2D eigenvalue weighted by Gasteiger charge is 2.13. The van der Waals surface area contributed by atoms with Gasteiger partial charge in [0.25, 0.3) is 0 Å². The molecule has 21 heavy (non-hydrogen) atoms. The van der Waals surface area contributed by atoms with E-state index < -0.39 is 0 Å². The Labute approximate surface area is 127 Å². The van der Waals surface area contributed by atoms with Gasteiger partial charge in [0.1, 0.15) is 6.54 Å². The smallest absolute Gasteiger partial charge is 0.243 e. The van der Waals surface area contributed by atoms with Crippen LogP contribution in [-0.2, 0) is 9.53 Å². The molecular formula is C15H28N4O2. The van der Waals surface area contributed by atoms with Crippen LogP contribution in [0.15, 0.2) is 17.6 Å². The molecule has 0 bridgehead atoms. The highest BCUT2D eigenvalue weighted by Crippen LogP contribution is 2.14. The number of carbonyl (C=O) groups is 1. The molecule has 0 aromatic carbocycles. The Bertz CT molecular complexity index is 350. The first-order valence-electron chi connectivity index (χ1n) is 7.58. The van der Waals surface area contributed by atoms with Crippen LogP contribution in [0.4, 0.5) is 0 Å². The number of aliphatic imine (C=N–C) groups is 1. The second-order valence-corrected chi connectivity index (χ2v) is 5.33. The van der Waals surface area contributed by atoms with E-state index in [4.69, 9.17) is 4.74 Å². The molecule has 1 fully saturated rings. The van der Waals surface area contributed by atoms with Crippen LogP contribution in [0.25, 0.3) is 0 Å². The van der Waals surface area contributed by atoms with E-state index in [1.54, 1.807) is 20.2 Å². The maximum Gasteiger partial charge on any atom is 0.243 e. The Morgan fingerprint density at radius 2 is 2.24 bits per heavy atom. The predicted molar refractivity (Wildman–Crippen MR) is 85.4 cm³/mol. The molecule has 1 atom stereocenters. The van der Waals surface area contributed by atoms with Crippen LogP contribution in [-0.4, -0.2) is 63.2 Å². The lowest BCUT2D eigenvalue weighted by Gasteiger charge is -2.23. The number of guanidine groups is 1. The minimum absolute atomic E-state index is 0.0229. The standard InChI is InChI=1S/C15H28N4O2/c1-4-9-16-15(18-12-14(20)19(2)3)17-10-8-13-7-5-6-11-21-13/h4,13H,1,5-12H2,2-3H3,(H2,16,17,18). The lowest BCUT2D eigenvalue weighted by atomic mass is 10.1. The summed E-state index contributed by atoms with van der Waals surface area (Å²) in [5.41, 5.74) is 0. The number of rotatable bonds is 7. The molecule has 0 aromatic heterocycles. The number of ether oxygens (including phenoxy) is 1. The summed E-state index contributed by atoms with van der Waals surface area (Å²) in [5.74, 6) is 0.617. The van der Waals surface area contributed by atoms with Gasteiger partial charge < -0.3 is 20.3 Å². The lowest BCUT2D eigenvalue weighted by Crippen LogP contribution is -2.40. The van der Waals surface area contributed by atoms with Crippen molar-refractivity contribution in [1.29, 1.82) is 0 Å². The fourth-order valence-electron chi connectivity index (χ4n) is 2.02. The number of likely N-dealkylation sites (N-methyl/N-ethyl adjacent to an activating group) is 1. The van der Waals surface area contributed by atoms with Gasteiger partial charge in [-0.15, -0.1) is 6.58 Å². The summed E-state index contributed by atoms with van der Waals surface area (Å²) in [6.07, 6.45) is 6.61. The van der Waals surface area contributed by atoms with Crippen LogP contribution >= 0.6 is 0 Å². The number of hydrogen-bond donors (Lipinski definition) is 2. The quantitative estimate of drug-likeness (QED) is 0.413. The third-order valence-electron chi connectivity index (χ3n) is 3.32. The molecule has 1 rings (SSSR count). The Balaban J connectivity index is 2.35. The number of nitrogens with one attached hydrogen (secondary N) is 2. The van der Waals surface area contributed by atoms with Crippen molar-refractivity contribution in [2.75, 3.05) is 40.3 Å². The van der Waals surface area contributed by atoms with Crippen molar-refractivity contribution < 1.29 is 9.53 Å². The molecule has 1 heterocycles. The number of amides is 1. The van der Waals surface area contributed by atoms with Gasteiger partial charge in [-0.3, -0.25) is 4.79 Å². The maximum absolute atomic E-state index is 11.6. The zero-order valence-electron chi connectivity index (χ0n) is 13.2. The summed E-state index contributed by atoms with van der Waals surface area (Å²) in [6, 6.07) is 0. The zero-order chi connectivity index (χ0) is 15.5. The van der Waals surface area contributed by atoms with Gasteiger partial charge in [0, 0.05) is 33.8 Å². The minimum Gasteiger partial charge on any atom is -0.378 e. The van der Waals surface area contributed by atoms with Gasteiger partial charge in [-0.05, 0) is 25.7 Å². The average molecular weight is 296 g/mol. The van der Waals surface area contributed by atoms with Crippen molar-refractivity contribution in [2.45, 2.75) is 31.8 Å². The Hall–Kier alpha value is -1.56. The van der Waals surface area contributed by atoms with E-state index in [-0.39, 0.29) is 12.5 Å². The van der Waals surface area contributed by atoms with E-state index in [0.29, 0.717) is 18.6 Å². The van der Waals surface area contributed by atoms with E-state index >= 15 is 0 Å². The largest absolute Gasteiger partial charge is 0.378 e. The highest BCUT2D eigenvalue weighted by atomic mass is 16.5. The van der Waals surface area contributed by atoms with Gasteiger partial charge in [-0.25, -0.2) is 4.99 Å². The third kappa shape index (κ3) is 7.70. The Morgan fingerprint density at radius 3 is 2.86 bits per heavy atom. The molecule has 1 amide bonds. The molecular weight excluding hydrogens is 268 g/mol. The van der Waals surface area contributed by atoms with Crippen LogP contribution in [0.1, 0.15) is 25.7 Å². The lowest BCUT2D eigenvalue weighted by molar-refractivity contribution is -0.127. The summed E-state index contributed by atoms with van der Waals surface area (Å²) in [5, 5.41) is 6.35. The summed E-state index contributed by atoms with van der Waals surface area (Å²) in [7, 11) is 3.45. The van der Waals surface area contributed by atoms with E-state index in [9.17, 15) is 4.79 Å². The summed E-state index contributed by atoms with van der Waals surface area (Å²) < 4.78 is 5.69. The third-order valence-corrected chi connectivity index (χ3v) is 3.32. The van der Waals surface area contributed by atoms with E-state index in [0.717, 1.165) is 26.0 Å². The van der Waals surface area contributed by atoms with E-state index in [1.165, 1.54) is 17.7 Å². The Morgan fingerprint density at radius 1 is 1.43 bits per heavy atom. The molecule has 0 saturated carbocycles. The first kappa shape index (κ1) is 17.5. The van der Waals surface area contributed by atoms with Crippen molar-refractivity contribution in [3.63, 3.8) is 0 Å². The molecule has 1 aliphatic rings. The molecule has 120 valence electrons. The molecule has 0 radical (unpaired) electrons. The fourth-order valence-corrected chi connectivity index (χ4v) is 2.02. The molecule has 1 unspecified atom stereocenters. The molecule has 6 heteroatoms. The van der Waals surface area contributed by atoms with Crippen molar-refractivity contribution >= 4 is 11.9 Å². The molecule has 0 spiro atoms. The van der Waals surface area contributed by atoms with Crippen LogP contribution in [0.2, 0.25) is 0 Å². The van der Waals surface area contributed by atoms with Gasteiger partial charge in [0.2, 0.25) is 5.91 Å². The maximum atomic E-state index is 11.6. The second-order valence-electron chi connectivity index (χ2n) is 5.33. The van der Waals surface area contributed by atoms with Gasteiger partial charge in [0.05, 0.1) is 6.10 Å². The van der Waals surface area contributed by atoms with Crippen molar-refractivity contribution in [2.24, 2.45) is 4.99 Å². The van der Waals surface area contributed by atoms with Crippen LogP contribution in [0.3, 0.4) is 0 Å². The van der Waals surface area contributed by atoms with E-state index in [2.05, 4.69) is 22.2 Å². The fraction of sp³-hybridized carbons (Fsp3) is 0.733. The first-order valence-corrected chi connectivity index (χ1v) is 7.58. The van der Waals surface area contributed by atoms with Crippen LogP contribution in [0.5, 0.6) is 0 Å². The summed E-state index contributed by atoms with van der Waals surface area (Å²) in [6.45, 7) is 6.07. The Kier molecular flexibility index (Phi) is 8.50. The number of nitrogens with zero attached hydrogens (tertiary/aromatic N) is 2. The molecule has 1 saturated heterocycles. The summed E-state index contributed by atoms with van der Waals surface area (Å²) in [4.78, 5) is 17.4. The molecule has 0 aliphatic carbocycles. The minimum atomic E-state index is -0.0229. The van der Waals surface area contributed by atoms with Gasteiger partial charge in [-0.2, -0.15) is 0 Å². The van der Waals surface area contributed by atoms with Gasteiger partial charge in [-0.1, -0.05) is 6.08 Å². The molecule has 0 aromatic rings.